The maximum absolute atomic E-state index is 13.3. The predicted molar refractivity (Wildman–Crippen MR) is 61.4 cm³/mol. The van der Waals surface area contributed by atoms with E-state index in [1.165, 1.54) is 12.4 Å². The van der Waals surface area contributed by atoms with E-state index < -0.39 is 5.82 Å². The molecule has 1 heterocycles. The van der Waals surface area contributed by atoms with Crippen LogP contribution in [0.25, 0.3) is 0 Å². The number of benzene rings is 1. The largest absolute Gasteiger partial charge is 0.389 e. The Morgan fingerprint density at radius 3 is 2.94 bits per heavy atom. The van der Waals surface area contributed by atoms with Gasteiger partial charge in [-0.3, -0.25) is 0 Å². The third kappa shape index (κ3) is 2.22. The van der Waals surface area contributed by atoms with E-state index in [9.17, 15) is 4.39 Å². The van der Waals surface area contributed by atoms with Gasteiger partial charge in [-0.25, -0.2) is 14.1 Å². The number of nitrogens with two attached hydrogens (primary N) is 1. The van der Waals surface area contributed by atoms with E-state index in [1.54, 1.807) is 23.1 Å². The molecule has 0 bridgehead atoms. The molecule has 2 N–H and O–H groups in total. The number of hydrogen-bond acceptors (Lipinski definition) is 3. The van der Waals surface area contributed by atoms with E-state index in [1.807, 2.05) is 0 Å². The van der Waals surface area contributed by atoms with Crippen molar-refractivity contribution in [3.8, 4) is 0 Å². The molecule has 82 valence electrons. The third-order valence-electron chi connectivity index (χ3n) is 2.11. The van der Waals surface area contributed by atoms with Crippen molar-refractivity contribution in [1.29, 1.82) is 0 Å². The standard InChI is InChI=1S/C10H9FN4S/c11-9-2-1-7(3-8(9)10(12)16)4-15-6-13-5-14-15/h1-3,5-6H,4H2,(H2,12,16). The van der Waals surface area contributed by atoms with Gasteiger partial charge < -0.3 is 5.73 Å². The van der Waals surface area contributed by atoms with Crippen molar-refractivity contribution in [2.24, 2.45) is 5.73 Å². The first-order valence-corrected chi connectivity index (χ1v) is 4.98. The molecule has 0 fully saturated rings. The number of halogens is 1. The number of aromatic nitrogens is 3. The molecule has 1 aromatic carbocycles. The van der Waals surface area contributed by atoms with E-state index in [4.69, 9.17) is 18.0 Å². The summed E-state index contributed by atoms with van der Waals surface area (Å²) in [4.78, 5) is 3.87. The van der Waals surface area contributed by atoms with Crippen molar-refractivity contribution in [2.75, 3.05) is 0 Å². The molecule has 0 saturated heterocycles. The Hall–Kier alpha value is -1.82. The van der Waals surface area contributed by atoms with Crippen molar-refractivity contribution in [3.05, 3.63) is 47.8 Å². The molecule has 2 rings (SSSR count). The molecule has 0 aliphatic carbocycles. The zero-order chi connectivity index (χ0) is 11.5. The summed E-state index contributed by atoms with van der Waals surface area (Å²) in [7, 11) is 0. The van der Waals surface area contributed by atoms with Gasteiger partial charge in [-0.15, -0.1) is 0 Å². The van der Waals surface area contributed by atoms with Crippen LogP contribution >= 0.6 is 12.2 Å². The Labute approximate surface area is 96.9 Å². The maximum Gasteiger partial charge on any atom is 0.137 e. The minimum atomic E-state index is -0.408. The summed E-state index contributed by atoms with van der Waals surface area (Å²) in [5.41, 5.74) is 6.54. The molecule has 0 atom stereocenters. The van der Waals surface area contributed by atoms with Gasteiger partial charge in [-0.05, 0) is 17.7 Å². The molecule has 0 spiro atoms. The van der Waals surface area contributed by atoms with Crippen LogP contribution in [-0.4, -0.2) is 19.8 Å². The van der Waals surface area contributed by atoms with Crippen LogP contribution in [0.3, 0.4) is 0 Å². The second kappa shape index (κ2) is 4.36. The molecule has 0 aliphatic rings. The number of thiocarbonyl (C=S) groups is 1. The molecule has 0 unspecified atom stereocenters. The van der Waals surface area contributed by atoms with Crippen LogP contribution in [-0.2, 0) is 6.54 Å². The van der Waals surface area contributed by atoms with Crippen LogP contribution in [0.15, 0.2) is 30.9 Å². The summed E-state index contributed by atoms with van der Waals surface area (Å²) >= 11 is 4.76. The van der Waals surface area contributed by atoms with Gasteiger partial charge >= 0.3 is 0 Å². The van der Waals surface area contributed by atoms with Crippen LogP contribution in [0.1, 0.15) is 11.1 Å². The van der Waals surface area contributed by atoms with Gasteiger partial charge in [-0.1, -0.05) is 18.3 Å². The lowest BCUT2D eigenvalue weighted by Gasteiger charge is -2.05. The van der Waals surface area contributed by atoms with Crippen LogP contribution in [0, 0.1) is 5.82 Å². The first-order valence-electron chi connectivity index (χ1n) is 4.57. The Kier molecular flexibility index (Phi) is 2.91. The zero-order valence-electron chi connectivity index (χ0n) is 8.30. The maximum atomic E-state index is 13.3. The highest BCUT2D eigenvalue weighted by Crippen LogP contribution is 2.11. The van der Waals surface area contributed by atoms with Crippen LogP contribution in [0.4, 0.5) is 4.39 Å². The minimum Gasteiger partial charge on any atom is -0.389 e. The van der Waals surface area contributed by atoms with Gasteiger partial charge in [0.15, 0.2) is 0 Å². The lowest BCUT2D eigenvalue weighted by Crippen LogP contribution is -2.12. The molecule has 0 amide bonds. The molecule has 0 radical (unpaired) electrons. The molecule has 2 aromatic rings. The molecule has 1 aromatic heterocycles. The fourth-order valence-electron chi connectivity index (χ4n) is 1.36. The highest BCUT2D eigenvalue weighted by atomic mass is 32.1. The predicted octanol–water partition coefficient (Wildman–Crippen LogP) is 1.10. The molecule has 0 aliphatic heterocycles. The lowest BCUT2D eigenvalue weighted by molar-refractivity contribution is 0.622. The Balaban J connectivity index is 2.29. The Bertz CT molecular complexity index is 510. The lowest BCUT2D eigenvalue weighted by atomic mass is 10.1. The van der Waals surface area contributed by atoms with Gasteiger partial charge in [0.2, 0.25) is 0 Å². The minimum absolute atomic E-state index is 0.0536. The molecule has 6 heteroatoms. The van der Waals surface area contributed by atoms with Crippen molar-refractivity contribution < 1.29 is 4.39 Å². The van der Waals surface area contributed by atoms with E-state index in [-0.39, 0.29) is 10.6 Å². The highest BCUT2D eigenvalue weighted by Gasteiger charge is 2.06. The van der Waals surface area contributed by atoms with Gasteiger partial charge in [0.25, 0.3) is 0 Å². The van der Waals surface area contributed by atoms with E-state index in [2.05, 4.69) is 10.1 Å². The Morgan fingerprint density at radius 2 is 2.31 bits per heavy atom. The second-order valence-corrected chi connectivity index (χ2v) is 3.71. The first kappa shape index (κ1) is 10.7. The van der Waals surface area contributed by atoms with Crippen molar-refractivity contribution in [1.82, 2.24) is 14.8 Å². The van der Waals surface area contributed by atoms with Gasteiger partial charge in [0.1, 0.15) is 23.5 Å². The zero-order valence-corrected chi connectivity index (χ0v) is 9.12. The van der Waals surface area contributed by atoms with Crippen molar-refractivity contribution >= 4 is 17.2 Å². The van der Waals surface area contributed by atoms with Crippen LogP contribution in [0.5, 0.6) is 0 Å². The van der Waals surface area contributed by atoms with Gasteiger partial charge in [0.05, 0.1) is 6.54 Å². The highest BCUT2D eigenvalue weighted by molar-refractivity contribution is 7.80. The molecule has 0 saturated carbocycles. The summed E-state index contributed by atoms with van der Waals surface area (Å²) < 4.78 is 14.9. The van der Waals surface area contributed by atoms with Gasteiger partial charge in [0, 0.05) is 5.56 Å². The normalized spacial score (nSPS) is 10.3. The smallest absolute Gasteiger partial charge is 0.137 e. The summed E-state index contributed by atoms with van der Waals surface area (Å²) in [6, 6.07) is 4.64. The number of nitrogens with zero attached hydrogens (tertiary/aromatic N) is 3. The first-order chi connectivity index (χ1) is 7.66. The quantitative estimate of drug-likeness (QED) is 0.811. The van der Waals surface area contributed by atoms with Gasteiger partial charge in [-0.2, -0.15) is 5.10 Å². The summed E-state index contributed by atoms with van der Waals surface area (Å²) in [5.74, 6) is -0.408. The average Bonchev–Trinajstić information content (AvgIpc) is 2.73. The van der Waals surface area contributed by atoms with Crippen LogP contribution < -0.4 is 5.73 Å². The van der Waals surface area contributed by atoms with Crippen LogP contribution in [0.2, 0.25) is 0 Å². The molecule has 16 heavy (non-hydrogen) atoms. The third-order valence-corrected chi connectivity index (χ3v) is 2.33. The monoisotopic (exact) mass is 236 g/mol. The number of rotatable bonds is 3. The van der Waals surface area contributed by atoms with E-state index in [0.29, 0.717) is 6.54 Å². The fourth-order valence-corrected chi connectivity index (χ4v) is 1.52. The number of hydrogen-bond donors (Lipinski definition) is 1. The molecular formula is C10H9FN4S. The fraction of sp³-hybridized carbons (Fsp3) is 0.100. The second-order valence-electron chi connectivity index (χ2n) is 3.27. The topological polar surface area (TPSA) is 56.7 Å². The molecular weight excluding hydrogens is 227 g/mol. The SMILES string of the molecule is NC(=S)c1cc(Cn2cncn2)ccc1F. The molecule has 4 nitrogen and oxygen atoms in total. The van der Waals surface area contributed by atoms with E-state index >= 15 is 0 Å². The van der Waals surface area contributed by atoms with E-state index in [0.717, 1.165) is 5.56 Å². The average molecular weight is 236 g/mol. The summed E-state index contributed by atoms with van der Waals surface area (Å²) in [6.45, 7) is 0.510. The summed E-state index contributed by atoms with van der Waals surface area (Å²) in [5, 5.41) is 3.96. The van der Waals surface area contributed by atoms with Crippen molar-refractivity contribution in [3.63, 3.8) is 0 Å². The Morgan fingerprint density at radius 1 is 1.50 bits per heavy atom. The van der Waals surface area contributed by atoms with Crippen molar-refractivity contribution in [2.45, 2.75) is 6.54 Å². The summed E-state index contributed by atoms with van der Waals surface area (Å²) in [6.07, 6.45) is 3.03.